The van der Waals surface area contributed by atoms with Gasteiger partial charge in [0, 0.05) is 5.56 Å². The fourth-order valence-corrected chi connectivity index (χ4v) is 2.16. The van der Waals surface area contributed by atoms with E-state index in [4.69, 9.17) is 16.3 Å². The Morgan fingerprint density at radius 3 is 2.62 bits per heavy atom. The summed E-state index contributed by atoms with van der Waals surface area (Å²) in [5.41, 5.74) is 3.19. The molecule has 0 heterocycles. The molecule has 0 radical (unpaired) electrons. The molecule has 1 N–H and O–H groups in total. The molecule has 4 nitrogen and oxygen atoms in total. The van der Waals surface area contributed by atoms with Crippen molar-refractivity contribution in [1.29, 1.82) is 0 Å². The molecule has 24 heavy (non-hydrogen) atoms. The zero-order valence-corrected chi connectivity index (χ0v) is 13.8. The summed E-state index contributed by atoms with van der Waals surface area (Å²) < 4.78 is 31.8. The van der Waals surface area contributed by atoms with E-state index in [1.807, 2.05) is 0 Å². The van der Waals surface area contributed by atoms with Crippen molar-refractivity contribution < 1.29 is 18.3 Å². The number of nitrogens with zero attached hydrogens (tertiary/aromatic N) is 1. The lowest BCUT2D eigenvalue weighted by Gasteiger charge is -2.13. The first-order valence-corrected chi connectivity index (χ1v) is 7.47. The fourth-order valence-electron chi connectivity index (χ4n) is 1.86. The second kappa shape index (κ2) is 7.88. The Hall–Kier alpha value is -2.47. The van der Waals surface area contributed by atoms with E-state index in [2.05, 4.69) is 10.5 Å². The summed E-state index contributed by atoms with van der Waals surface area (Å²) in [5, 5.41) is 4.09. The summed E-state index contributed by atoms with van der Waals surface area (Å²) in [4.78, 5) is 12.0. The summed E-state index contributed by atoms with van der Waals surface area (Å²) in [5.74, 6) is -1.61. The van der Waals surface area contributed by atoms with Crippen LogP contribution in [0, 0.1) is 11.6 Å². The maximum atomic E-state index is 13.5. The lowest BCUT2D eigenvalue weighted by atomic mass is 10.1. The molecule has 1 amide bonds. The minimum atomic E-state index is -0.956. The average Bonchev–Trinajstić information content (AvgIpc) is 2.54. The quantitative estimate of drug-likeness (QED) is 0.655. The van der Waals surface area contributed by atoms with E-state index in [9.17, 15) is 13.6 Å². The molecule has 0 fully saturated rings. The Balaban J connectivity index is 2.02. The second-order valence-corrected chi connectivity index (χ2v) is 5.40. The zero-order chi connectivity index (χ0) is 17.7. The van der Waals surface area contributed by atoms with Gasteiger partial charge in [0.2, 0.25) is 0 Å². The highest BCUT2D eigenvalue weighted by molar-refractivity contribution is 6.34. The SMILES string of the molecule is C/C(=N/NC(=O)[C@H](C)Oc1ccccc1F)c1ccc(F)cc1Cl. The number of carbonyl (C=O) groups excluding carboxylic acids is 1. The van der Waals surface area contributed by atoms with Crippen LogP contribution < -0.4 is 10.2 Å². The molecular weight excluding hydrogens is 338 g/mol. The van der Waals surface area contributed by atoms with Crippen LogP contribution in [0.1, 0.15) is 19.4 Å². The number of hydrazone groups is 1. The van der Waals surface area contributed by atoms with Crippen LogP contribution in [0.3, 0.4) is 0 Å². The summed E-state index contributed by atoms with van der Waals surface area (Å²) in [7, 11) is 0. The first-order chi connectivity index (χ1) is 11.4. The molecule has 1 atom stereocenters. The standard InChI is InChI=1S/C17H15ClF2N2O2/c1-10(13-8-7-12(19)9-14(13)18)21-22-17(23)11(2)24-16-6-4-3-5-15(16)20/h3-9,11H,1-2H3,(H,22,23)/b21-10-/t11-/m0/s1. The van der Waals surface area contributed by atoms with Gasteiger partial charge in [0.1, 0.15) is 5.82 Å². The first-order valence-electron chi connectivity index (χ1n) is 7.09. The van der Waals surface area contributed by atoms with Gasteiger partial charge in [0.05, 0.1) is 10.7 Å². The van der Waals surface area contributed by atoms with Gasteiger partial charge in [-0.15, -0.1) is 0 Å². The van der Waals surface area contributed by atoms with Gasteiger partial charge in [-0.2, -0.15) is 5.10 Å². The van der Waals surface area contributed by atoms with Crippen LogP contribution in [0.5, 0.6) is 5.75 Å². The maximum absolute atomic E-state index is 13.5. The minimum Gasteiger partial charge on any atom is -0.478 e. The van der Waals surface area contributed by atoms with Crippen LogP contribution in [-0.2, 0) is 4.79 Å². The number of ether oxygens (including phenoxy) is 1. The largest absolute Gasteiger partial charge is 0.478 e. The van der Waals surface area contributed by atoms with Crippen LogP contribution in [0.2, 0.25) is 5.02 Å². The Morgan fingerprint density at radius 1 is 1.25 bits per heavy atom. The predicted octanol–water partition coefficient (Wildman–Crippen LogP) is 3.93. The van der Waals surface area contributed by atoms with Crippen molar-refractivity contribution in [2.24, 2.45) is 5.10 Å². The molecule has 0 aromatic heterocycles. The number of rotatable bonds is 5. The smallest absolute Gasteiger partial charge is 0.280 e. The number of benzene rings is 2. The summed E-state index contributed by atoms with van der Waals surface area (Å²) >= 11 is 5.93. The Kier molecular flexibility index (Phi) is 5.87. The number of hydrogen-bond acceptors (Lipinski definition) is 3. The fraction of sp³-hybridized carbons (Fsp3) is 0.176. The third kappa shape index (κ3) is 4.52. The third-order valence-corrected chi connectivity index (χ3v) is 3.48. The van der Waals surface area contributed by atoms with E-state index in [1.54, 1.807) is 13.0 Å². The van der Waals surface area contributed by atoms with Gasteiger partial charge < -0.3 is 4.74 Å². The van der Waals surface area contributed by atoms with Gasteiger partial charge in [0.25, 0.3) is 5.91 Å². The van der Waals surface area contributed by atoms with Crippen molar-refractivity contribution in [2.75, 3.05) is 0 Å². The topological polar surface area (TPSA) is 50.7 Å². The molecule has 0 aliphatic rings. The average molecular weight is 353 g/mol. The van der Waals surface area contributed by atoms with Gasteiger partial charge in [-0.05, 0) is 44.2 Å². The van der Waals surface area contributed by atoms with Crippen molar-refractivity contribution >= 4 is 23.2 Å². The van der Waals surface area contributed by atoms with Crippen LogP contribution in [-0.4, -0.2) is 17.7 Å². The lowest BCUT2D eigenvalue weighted by Crippen LogP contribution is -2.34. The van der Waals surface area contributed by atoms with Crippen molar-refractivity contribution in [3.05, 3.63) is 64.7 Å². The Morgan fingerprint density at radius 2 is 1.96 bits per heavy atom. The van der Waals surface area contributed by atoms with Crippen LogP contribution in [0.4, 0.5) is 8.78 Å². The van der Waals surface area contributed by atoms with E-state index in [-0.39, 0.29) is 10.8 Å². The zero-order valence-electron chi connectivity index (χ0n) is 13.0. The lowest BCUT2D eigenvalue weighted by molar-refractivity contribution is -0.127. The molecule has 0 unspecified atom stereocenters. The highest BCUT2D eigenvalue weighted by atomic mass is 35.5. The Labute approximate surface area is 143 Å². The van der Waals surface area contributed by atoms with Crippen LogP contribution in [0.15, 0.2) is 47.6 Å². The van der Waals surface area contributed by atoms with Crippen LogP contribution >= 0.6 is 11.6 Å². The molecule has 0 spiro atoms. The van der Waals surface area contributed by atoms with Crippen molar-refractivity contribution in [1.82, 2.24) is 5.43 Å². The summed E-state index contributed by atoms with van der Waals surface area (Å²) in [6, 6.07) is 9.63. The van der Waals surface area contributed by atoms with Gasteiger partial charge >= 0.3 is 0 Å². The predicted molar refractivity (Wildman–Crippen MR) is 88.3 cm³/mol. The van der Waals surface area contributed by atoms with Crippen molar-refractivity contribution in [3.8, 4) is 5.75 Å². The molecule has 2 aromatic carbocycles. The molecular formula is C17H15ClF2N2O2. The number of nitrogens with one attached hydrogen (secondary N) is 1. The van der Waals surface area contributed by atoms with E-state index < -0.39 is 23.6 Å². The highest BCUT2D eigenvalue weighted by Gasteiger charge is 2.16. The van der Waals surface area contributed by atoms with E-state index >= 15 is 0 Å². The number of amides is 1. The molecule has 2 aromatic rings. The number of para-hydroxylation sites is 1. The molecule has 0 saturated heterocycles. The molecule has 0 saturated carbocycles. The molecule has 0 aliphatic carbocycles. The molecule has 126 valence electrons. The monoisotopic (exact) mass is 352 g/mol. The second-order valence-electron chi connectivity index (χ2n) is 4.99. The molecule has 0 bridgehead atoms. The van der Waals surface area contributed by atoms with E-state index in [0.29, 0.717) is 11.3 Å². The summed E-state index contributed by atoms with van der Waals surface area (Å²) in [6.45, 7) is 3.08. The Bertz CT molecular complexity index is 781. The van der Waals surface area contributed by atoms with Gasteiger partial charge in [-0.25, -0.2) is 14.2 Å². The maximum Gasteiger partial charge on any atom is 0.280 e. The number of carbonyl (C=O) groups is 1. The first kappa shape index (κ1) is 17.9. The minimum absolute atomic E-state index is 0.0255. The molecule has 0 aliphatic heterocycles. The van der Waals surface area contributed by atoms with Crippen molar-refractivity contribution in [3.63, 3.8) is 0 Å². The van der Waals surface area contributed by atoms with Gasteiger partial charge in [-0.1, -0.05) is 23.7 Å². The normalized spacial score (nSPS) is 12.6. The van der Waals surface area contributed by atoms with Crippen LogP contribution in [0.25, 0.3) is 0 Å². The number of hydrogen-bond donors (Lipinski definition) is 1. The third-order valence-electron chi connectivity index (χ3n) is 3.16. The molecule has 7 heteroatoms. The van der Waals surface area contributed by atoms with Gasteiger partial charge in [0.15, 0.2) is 17.7 Å². The van der Waals surface area contributed by atoms with E-state index in [1.165, 1.54) is 37.3 Å². The van der Waals surface area contributed by atoms with Gasteiger partial charge in [-0.3, -0.25) is 4.79 Å². The highest BCUT2D eigenvalue weighted by Crippen LogP contribution is 2.18. The van der Waals surface area contributed by atoms with E-state index in [0.717, 1.165) is 6.07 Å². The van der Waals surface area contributed by atoms with Crippen molar-refractivity contribution in [2.45, 2.75) is 20.0 Å². The summed E-state index contributed by atoms with van der Waals surface area (Å²) in [6.07, 6.45) is -0.956. The molecule has 2 rings (SSSR count). The number of halogens is 3.